The summed E-state index contributed by atoms with van der Waals surface area (Å²) in [6.07, 6.45) is 0. The van der Waals surface area contributed by atoms with Crippen molar-refractivity contribution in [2.75, 3.05) is 0 Å². The van der Waals surface area contributed by atoms with Crippen molar-refractivity contribution < 1.29 is 36.3 Å². The molecule has 4 nitrogen and oxygen atoms in total. The van der Waals surface area contributed by atoms with Gasteiger partial charge in [-0.1, -0.05) is 0 Å². The zero-order chi connectivity index (χ0) is 4.50. The van der Waals surface area contributed by atoms with Gasteiger partial charge < -0.3 is 28.2 Å². The molecule has 0 aliphatic rings. The van der Waals surface area contributed by atoms with Crippen LogP contribution in [0.5, 0.6) is 0 Å². The molecule has 0 aromatic carbocycles. The van der Waals surface area contributed by atoms with Gasteiger partial charge >= 0.3 is 17.1 Å². The van der Waals surface area contributed by atoms with Gasteiger partial charge in [0.15, 0.2) is 0 Å². The summed E-state index contributed by atoms with van der Waals surface area (Å²) in [4.78, 5) is 34.3. The molecule has 0 saturated heterocycles. The molecule has 0 atom stereocenters. The zero-order valence-corrected chi connectivity index (χ0v) is 6.71. The Balaban J connectivity index is -0.0000000800. The topological polar surface area (TPSA) is 92.2 Å². The summed E-state index contributed by atoms with van der Waals surface area (Å²) in [6.45, 7) is 0. The molecule has 0 fully saturated rings. The van der Waals surface area contributed by atoms with E-state index in [0.717, 1.165) is 0 Å². The van der Waals surface area contributed by atoms with Crippen LogP contribution in [0.15, 0.2) is 0 Å². The van der Waals surface area contributed by atoms with E-state index in [0.29, 0.717) is 0 Å². The second-order valence-corrected chi connectivity index (χ2v) is 1.50. The van der Waals surface area contributed by atoms with E-state index in [2.05, 4.69) is 0 Å². The summed E-state index contributed by atoms with van der Waals surface area (Å²) in [5, 5.41) is 0. The standard InChI is InChI=1S/Fe.O4Si.H4S/c;1-5(2,3)4;/h;;1H4/q+2;-4;+2. The van der Waals surface area contributed by atoms with Crippen LogP contribution in [0.2, 0.25) is 0 Å². The molecule has 0 unspecified atom stereocenters. The Morgan fingerprint density at radius 2 is 0.857 bits per heavy atom. The third kappa shape index (κ3) is 196. The molecule has 7 heteroatoms. The van der Waals surface area contributed by atoms with Crippen LogP contribution in [-0.4, -0.2) is 9.05 Å². The summed E-state index contributed by atoms with van der Waals surface area (Å²) in [5.41, 5.74) is 0. The Labute approximate surface area is 59.2 Å². The molecule has 0 aromatic heterocycles. The van der Waals surface area contributed by atoms with Crippen molar-refractivity contribution >= 4 is 22.5 Å². The first-order valence-electron chi connectivity index (χ1n) is 0.816. The number of hydrogen-bond donors (Lipinski definition) is 0. The molecule has 0 amide bonds. The maximum atomic E-state index is 8.58. The first-order chi connectivity index (χ1) is 2.00. The van der Waals surface area contributed by atoms with E-state index >= 15 is 0 Å². The molecule has 7 heavy (non-hydrogen) atoms. The van der Waals surface area contributed by atoms with Crippen LogP contribution >= 0.6 is 0 Å². The van der Waals surface area contributed by atoms with Crippen molar-refractivity contribution in [1.29, 1.82) is 0 Å². The fraction of sp³-hybridized carbons (Fsp3) is 0. The van der Waals surface area contributed by atoms with Crippen molar-refractivity contribution in [3.8, 4) is 0 Å². The minimum atomic E-state index is -5.61. The van der Waals surface area contributed by atoms with Crippen molar-refractivity contribution in [2.24, 2.45) is 0 Å². The van der Waals surface area contributed by atoms with Gasteiger partial charge in [0, 0.05) is 0 Å². The minimum absolute atomic E-state index is 0. The summed E-state index contributed by atoms with van der Waals surface area (Å²) < 4.78 is 0. The second kappa shape index (κ2) is 5.07. The minimum Gasteiger partial charge on any atom is -0.894 e. The predicted octanol–water partition coefficient (Wildman–Crippen LogP) is -6.21. The van der Waals surface area contributed by atoms with E-state index in [9.17, 15) is 0 Å². The van der Waals surface area contributed by atoms with Gasteiger partial charge in [-0.15, -0.1) is 0 Å². The maximum absolute atomic E-state index is 8.58. The molecule has 0 N–H and O–H groups in total. The average molecular weight is 184 g/mol. The van der Waals surface area contributed by atoms with E-state index in [4.69, 9.17) is 19.2 Å². The normalized spacial score (nSPS) is 8.57. The van der Waals surface area contributed by atoms with E-state index in [1.54, 1.807) is 0 Å². The molecule has 0 aliphatic heterocycles. The molecule has 0 rings (SSSR count). The molecule has 0 radical (unpaired) electrons. The number of hydrogen-bond acceptors (Lipinski definition) is 4. The van der Waals surface area contributed by atoms with Crippen LogP contribution in [0.4, 0.5) is 0 Å². The summed E-state index contributed by atoms with van der Waals surface area (Å²) in [6, 6.07) is 0. The maximum Gasteiger partial charge on any atom is 2.00 e. The van der Waals surface area contributed by atoms with Gasteiger partial charge in [-0.3, -0.25) is 0 Å². The zero-order valence-electron chi connectivity index (χ0n) is 3.19. The van der Waals surface area contributed by atoms with E-state index in [1.165, 1.54) is 0 Å². The first-order valence-corrected chi connectivity index (χ1v) is 2.45. The van der Waals surface area contributed by atoms with Gasteiger partial charge in [0.2, 0.25) is 0 Å². The largest absolute Gasteiger partial charge is 2.00 e. The quantitative estimate of drug-likeness (QED) is 0.350. The van der Waals surface area contributed by atoms with Gasteiger partial charge in [0.05, 0.1) is 0 Å². The fourth-order valence-electron chi connectivity index (χ4n) is 0. The van der Waals surface area contributed by atoms with Crippen molar-refractivity contribution in [1.82, 2.24) is 0 Å². The van der Waals surface area contributed by atoms with E-state index < -0.39 is 9.05 Å². The third-order valence-corrected chi connectivity index (χ3v) is 0. The predicted molar refractivity (Wildman–Crippen MR) is 18.7 cm³/mol. The molecular weight excluding hydrogens is 180 g/mol. The van der Waals surface area contributed by atoms with Gasteiger partial charge in [-0.05, 0) is 0 Å². The Morgan fingerprint density at radius 3 is 0.857 bits per heavy atom. The van der Waals surface area contributed by atoms with Crippen LogP contribution in [0.25, 0.3) is 0 Å². The van der Waals surface area contributed by atoms with E-state index in [-0.39, 0.29) is 30.6 Å². The third-order valence-electron chi connectivity index (χ3n) is 0. The Bertz CT molecular complexity index is 27.2. The molecule has 46 valence electrons. The van der Waals surface area contributed by atoms with Crippen LogP contribution in [-0.2, 0) is 30.6 Å². The molecule has 0 aliphatic carbocycles. The first kappa shape index (κ1) is 15.7. The Morgan fingerprint density at radius 1 is 0.857 bits per heavy atom. The number of rotatable bonds is 0. The molecule has 0 spiro atoms. The molecule has 0 saturated carbocycles. The van der Waals surface area contributed by atoms with Crippen LogP contribution in [0.3, 0.4) is 0 Å². The summed E-state index contributed by atoms with van der Waals surface area (Å²) >= 11 is 0. The van der Waals surface area contributed by atoms with Crippen molar-refractivity contribution in [2.45, 2.75) is 0 Å². The van der Waals surface area contributed by atoms with E-state index in [1.807, 2.05) is 0 Å². The van der Waals surface area contributed by atoms with Crippen molar-refractivity contribution in [3.05, 3.63) is 0 Å². The van der Waals surface area contributed by atoms with Crippen LogP contribution in [0, 0.1) is 0 Å². The smallest absolute Gasteiger partial charge is 0.894 e. The van der Waals surface area contributed by atoms with Gasteiger partial charge in [0.25, 0.3) is 0 Å². The summed E-state index contributed by atoms with van der Waals surface area (Å²) in [5.74, 6) is 0. The Kier molecular flexibility index (Phi) is 11.4. The van der Waals surface area contributed by atoms with Gasteiger partial charge in [-0.2, -0.15) is 0 Å². The molecular formula is H4FeO4SSi. The van der Waals surface area contributed by atoms with Crippen LogP contribution < -0.4 is 19.2 Å². The second-order valence-electron chi connectivity index (χ2n) is 0.500. The fourth-order valence-corrected chi connectivity index (χ4v) is 0. The summed E-state index contributed by atoms with van der Waals surface area (Å²) in [7, 11) is -5.61. The molecule has 0 bridgehead atoms. The monoisotopic (exact) mass is 184 g/mol. The molecule has 0 heterocycles. The van der Waals surface area contributed by atoms with Gasteiger partial charge in [0.1, 0.15) is 0 Å². The van der Waals surface area contributed by atoms with Crippen LogP contribution in [0.1, 0.15) is 0 Å². The van der Waals surface area contributed by atoms with Gasteiger partial charge in [-0.25, -0.2) is 13.5 Å². The van der Waals surface area contributed by atoms with Crippen molar-refractivity contribution in [3.63, 3.8) is 0 Å². The SMILES string of the molecule is [Fe+2].[O-][Si]([O-])([O-])[O-].[SH4+2]. The average Bonchev–Trinajstić information content (AvgIpc) is 0.722. The Hall–Kier alpha value is 0.926. The molecule has 0 aromatic rings.